The molecule has 2 heterocycles. The summed E-state index contributed by atoms with van der Waals surface area (Å²) in [5.41, 5.74) is 6.52. The van der Waals surface area contributed by atoms with Crippen LogP contribution in [0.2, 0.25) is 0 Å². The number of nitrogens with two attached hydrogens (primary N) is 1. The highest BCUT2D eigenvalue weighted by Gasteiger charge is 2.11. The number of nitrogen functional groups attached to an aromatic ring is 1. The molecule has 0 unspecified atom stereocenters. The summed E-state index contributed by atoms with van der Waals surface area (Å²) >= 11 is 3.40. The van der Waals surface area contributed by atoms with Gasteiger partial charge in [-0.2, -0.15) is 4.98 Å². The fraction of sp³-hybridized carbons (Fsp3) is 0.0833. The molecule has 8 heteroatoms. The lowest BCUT2D eigenvalue weighted by atomic mass is 10.2. The third-order valence-corrected chi connectivity index (χ3v) is 3.42. The Kier molecular flexibility index (Phi) is 2.94. The van der Waals surface area contributed by atoms with Crippen LogP contribution in [0.4, 0.5) is 5.95 Å². The van der Waals surface area contributed by atoms with E-state index in [0.717, 1.165) is 10.0 Å². The second-order valence-corrected chi connectivity index (χ2v) is 4.94. The number of hydrogen-bond donors (Lipinski definition) is 3. The molecule has 1 aromatic carbocycles. The number of rotatable bonds is 2. The van der Waals surface area contributed by atoms with Crippen molar-refractivity contribution in [2.45, 2.75) is 0 Å². The molecule has 0 aliphatic carbocycles. The molecular weight excluding hydrogens is 326 g/mol. The van der Waals surface area contributed by atoms with E-state index in [0.29, 0.717) is 17.1 Å². The number of nitrogens with zero attached hydrogens (tertiary/aromatic N) is 2. The van der Waals surface area contributed by atoms with Crippen molar-refractivity contribution in [3.63, 3.8) is 0 Å². The summed E-state index contributed by atoms with van der Waals surface area (Å²) in [6.45, 7) is 0. The summed E-state index contributed by atoms with van der Waals surface area (Å²) in [5.74, 6) is 1.29. The number of anilines is 1. The second kappa shape index (κ2) is 4.64. The van der Waals surface area contributed by atoms with Gasteiger partial charge in [0.05, 0.1) is 11.6 Å². The molecular formula is C12H10BrN5O2. The van der Waals surface area contributed by atoms with Gasteiger partial charge >= 0.3 is 0 Å². The molecule has 0 saturated heterocycles. The predicted octanol–water partition coefficient (Wildman–Crippen LogP) is 1.67. The van der Waals surface area contributed by atoms with Crippen LogP contribution in [0.5, 0.6) is 5.75 Å². The number of methoxy groups -OCH3 is 1. The van der Waals surface area contributed by atoms with Crippen molar-refractivity contribution in [2.24, 2.45) is 0 Å². The standard InChI is InChI=1S/C12H10BrN5O2/c1-20-7-3-2-5(4-6(7)13)9-15-8-10(16-9)17-12(14)18-11(8)19/h2-4H,1H3,(H4,14,15,16,17,18,19). The van der Waals surface area contributed by atoms with Crippen LogP contribution in [0.1, 0.15) is 0 Å². The van der Waals surface area contributed by atoms with E-state index >= 15 is 0 Å². The Balaban J connectivity index is 2.17. The quantitative estimate of drug-likeness (QED) is 0.659. The lowest BCUT2D eigenvalue weighted by molar-refractivity contribution is 0.412. The summed E-state index contributed by atoms with van der Waals surface area (Å²) in [6.07, 6.45) is 0. The molecule has 0 amide bonds. The van der Waals surface area contributed by atoms with Gasteiger partial charge in [-0.15, -0.1) is 0 Å². The number of fused-ring (bicyclic) bond motifs is 1. The number of H-pyrrole nitrogens is 2. The summed E-state index contributed by atoms with van der Waals surface area (Å²) in [7, 11) is 1.59. The first-order chi connectivity index (χ1) is 9.58. The Morgan fingerprint density at radius 1 is 1.30 bits per heavy atom. The summed E-state index contributed by atoms with van der Waals surface area (Å²) in [4.78, 5) is 25.3. The van der Waals surface area contributed by atoms with E-state index < -0.39 is 0 Å². The first-order valence-electron chi connectivity index (χ1n) is 5.68. The van der Waals surface area contributed by atoms with Gasteiger partial charge in [0, 0.05) is 5.56 Å². The maximum Gasteiger partial charge on any atom is 0.278 e. The molecule has 0 saturated carbocycles. The monoisotopic (exact) mass is 335 g/mol. The molecule has 2 aromatic heterocycles. The highest BCUT2D eigenvalue weighted by Crippen LogP contribution is 2.29. The molecule has 0 radical (unpaired) electrons. The number of hydrogen-bond acceptors (Lipinski definition) is 5. The van der Waals surface area contributed by atoms with E-state index in [1.807, 2.05) is 12.1 Å². The van der Waals surface area contributed by atoms with Crippen molar-refractivity contribution in [1.29, 1.82) is 0 Å². The topological polar surface area (TPSA) is 110 Å². The van der Waals surface area contributed by atoms with Crippen molar-refractivity contribution in [2.75, 3.05) is 12.8 Å². The third kappa shape index (κ3) is 2.03. The van der Waals surface area contributed by atoms with Crippen LogP contribution in [-0.2, 0) is 0 Å². The number of imidazole rings is 1. The minimum absolute atomic E-state index is 0.0384. The Morgan fingerprint density at radius 2 is 2.10 bits per heavy atom. The second-order valence-electron chi connectivity index (χ2n) is 4.08. The van der Waals surface area contributed by atoms with Gasteiger partial charge < -0.3 is 15.5 Å². The molecule has 3 rings (SSSR count). The number of ether oxygens (including phenoxy) is 1. The van der Waals surface area contributed by atoms with Gasteiger partial charge in [-0.1, -0.05) is 0 Å². The van der Waals surface area contributed by atoms with Gasteiger partial charge in [0.25, 0.3) is 5.56 Å². The predicted molar refractivity (Wildman–Crippen MR) is 78.6 cm³/mol. The van der Waals surface area contributed by atoms with Crippen molar-refractivity contribution in [3.05, 3.63) is 33.0 Å². The van der Waals surface area contributed by atoms with E-state index in [1.54, 1.807) is 13.2 Å². The molecule has 0 spiro atoms. The number of aromatic amines is 2. The van der Waals surface area contributed by atoms with Crippen LogP contribution in [0.3, 0.4) is 0 Å². The minimum atomic E-state index is -0.348. The average Bonchev–Trinajstić information content (AvgIpc) is 2.82. The van der Waals surface area contributed by atoms with Crippen LogP contribution in [0, 0.1) is 0 Å². The fourth-order valence-corrected chi connectivity index (χ4v) is 2.42. The van der Waals surface area contributed by atoms with Crippen molar-refractivity contribution in [1.82, 2.24) is 19.9 Å². The summed E-state index contributed by atoms with van der Waals surface area (Å²) in [5, 5.41) is 0. The van der Waals surface area contributed by atoms with E-state index in [4.69, 9.17) is 10.5 Å². The lowest BCUT2D eigenvalue weighted by Gasteiger charge is -2.04. The summed E-state index contributed by atoms with van der Waals surface area (Å²) < 4.78 is 5.96. The minimum Gasteiger partial charge on any atom is -0.496 e. The van der Waals surface area contributed by atoms with Crippen molar-refractivity contribution < 1.29 is 4.74 Å². The normalized spacial score (nSPS) is 10.9. The summed E-state index contributed by atoms with van der Waals surface area (Å²) in [6, 6.07) is 5.48. The highest BCUT2D eigenvalue weighted by molar-refractivity contribution is 9.10. The maximum atomic E-state index is 11.7. The zero-order valence-corrected chi connectivity index (χ0v) is 12.0. The highest BCUT2D eigenvalue weighted by atomic mass is 79.9. The molecule has 4 N–H and O–H groups in total. The van der Waals surface area contributed by atoms with E-state index in [1.165, 1.54) is 0 Å². The average molecular weight is 336 g/mol. The Bertz CT molecular complexity index is 855. The zero-order valence-electron chi connectivity index (χ0n) is 10.4. The zero-order chi connectivity index (χ0) is 14.3. The lowest BCUT2D eigenvalue weighted by Crippen LogP contribution is -2.10. The van der Waals surface area contributed by atoms with E-state index in [2.05, 4.69) is 35.9 Å². The van der Waals surface area contributed by atoms with Crippen molar-refractivity contribution in [3.8, 4) is 17.1 Å². The molecule has 0 atom stereocenters. The molecule has 3 aromatic rings. The van der Waals surface area contributed by atoms with Crippen LogP contribution >= 0.6 is 15.9 Å². The Hall–Kier alpha value is -2.35. The largest absolute Gasteiger partial charge is 0.496 e. The molecule has 0 aliphatic rings. The van der Waals surface area contributed by atoms with Gasteiger partial charge in [0.1, 0.15) is 11.6 Å². The van der Waals surface area contributed by atoms with E-state index in [-0.39, 0.29) is 17.2 Å². The van der Waals surface area contributed by atoms with Crippen molar-refractivity contribution >= 4 is 33.0 Å². The molecule has 7 nitrogen and oxygen atoms in total. The number of halogens is 1. The van der Waals surface area contributed by atoms with Crippen LogP contribution in [0.15, 0.2) is 27.5 Å². The van der Waals surface area contributed by atoms with Gasteiger partial charge in [-0.05, 0) is 34.1 Å². The van der Waals surface area contributed by atoms with E-state index in [9.17, 15) is 4.79 Å². The molecule has 0 aliphatic heterocycles. The number of aromatic nitrogens is 4. The third-order valence-electron chi connectivity index (χ3n) is 2.80. The van der Waals surface area contributed by atoms with Crippen LogP contribution in [0.25, 0.3) is 22.6 Å². The Morgan fingerprint density at radius 3 is 2.80 bits per heavy atom. The van der Waals surface area contributed by atoms with Gasteiger partial charge in [-0.3, -0.25) is 9.78 Å². The van der Waals surface area contributed by atoms with Gasteiger partial charge in [0.2, 0.25) is 5.95 Å². The SMILES string of the molecule is COc1ccc(-c2nc3nc(N)[nH]c(=O)c3[nH]2)cc1Br. The first-order valence-corrected chi connectivity index (χ1v) is 6.47. The fourth-order valence-electron chi connectivity index (χ4n) is 1.87. The van der Waals surface area contributed by atoms with Crippen LogP contribution < -0.4 is 16.0 Å². The Labute approximate surface area is 121 Å². The van der Waals surface area contributed by atoms with Gasteiger partial charge in [-0.25, -0.2) is 4.98 Å². The molecule has 20 heavy (non-hydrogen) atoms. The molecule has 0 bridgehead atoms. The first kappa shape index (κ1) is 12.7. The number of nitrogens with one attached hydrogen (secondary N) is 2. The van der Waals surface area contributed by atoms with Crippen LogP contribution in [-0.4, -0.2) is 27.0 Å². The molecule has 0 fully saturated rings. The maximum absolute atomic E-state index is 11.7. The van der Waals surface area contributed by atoms with Gasteiger partial charge in [0.15, 0.2) is 11.2 Å². The number of benzene rings is 1. The smallest absolute Gasteiger partial charge is 0.278 e. The molecule has 102 valence electrons.